The molecule has 6 heteroatoms. The summed E-state index contributed by atoms with van der Waals surface area (Å²) in [6, 6.07) is 9.77. The maximum atomic E-state index is 12.4. The molecule has 1 N–H and O–H groups in total. The van der Waals surface area contributed by atoms with Gasteiger partial charge in [0.2, 0.25) is 0 Å². The fourth-order valence-corrected chi connectivity index (χ4v) is 2.25. The highest BCUT2D eigenvalue weighted by Gasteiger charge is 2.13. The highest BCUT2D eigenvalue weighted by atomic mass is 19.3. The summed E-state index contributed by atoms with van der Waals surface area (Å²) in [7, 11) is 1.35. The van der Waals surface area contributed by atoms with Crippen molar-refractivity contribution in [2.75, 3.05) is 12.4 Å². The first-order valence-electron chi connectivity index (χ1n) is 6.91. The van der Waals surface area contributed by atoms with E-state index in [4.69, 9.17) is 4.74 Å². The first-order chi connectivity index (χ1) is 10.9. The number of amides is 1. The van der Waals surface area contributed by atoms with Crippen molar-refractivity contribution in [3.05, 3.63) is 53.1 Å². The Kier molecular flexibility index (Phi) is 5.16. The Labute approximate surface area is 133 Å². The van der Waals surface area contributed by atoms with Crippen molar-refractivity contribution in [2.24, 2.45) is 0 Å². The Hall–Kier alpha value is -2.63. The number of ether oxygens (including phenoxy) is 2. The number of rotatable bonds is 5. The summed E-state index contributed by atoms with van der Waals surface area (Å²) < 4.78 is 34.2. The van der Waals surface area contributed by atoms with Crippen LogP contribution in [0.3, 0.4) is 0 Å². The van der Waals surface area contributed by atoms with E-state index in [2.05, 4.69) is 10.1 Å². The standard InChI is InChI=1S/C17H17F2NO3/c1-10-6-11(2)8-12(7-10)16(21)20-13-4-5-14(22-3)15(9-13)23-17(18)19/h4-9,17H,1-3H3,(H,20,21). The minimum absolute atomic E-state index is 0.138. The van der Waals surface area contributed by atoms with Crippen LogP contribution in [0.1, 0.15) is 21.5 Å². The third kappa shape index (κ3) is 4.42. The molecule has 1 amide bonds. The van der Waals surface area contributed by atoms with E-state index in [1.807, 2.05) is 19.9 Å². The van der Waals surface area contributed by atoms with E-state index in [-0.39, 0.29) is 17.4 Å². The fraction of sp³-hybridized carbons (Fsp3) is 0.235. The Balaban J connectivity index is 2.23. The van der Waals surface area contributed by atoms with Crippen LogP contribution < -0.4 is 14.8 Å². The number of alkyl halides is 2. The van der Waals surface area contributed by atoms with Gasteiger partial charge < -0.3 is 14.8 Å². The summed E-state index contributed by atoms with van der Waals surface area (Å²) in [4.78, 5) is 12.3. The molecular formula is C17H17F2NO3. The van der Waals surface area contributed by atoms with E-state index in [1.54, 1.807) is 18.2 Å². The van der Waals surface area contributed by atoms with Crippen LogP contribution in [0.15, 0.2) is 36.4 Å². The molecule has 0 aliphatic carbocycles. The molecule has 0 aliphatic rings. The van der Waals surface area contributed by atoms with Crippen LogP contribution in [-0.4, -0.2) is 19.6 Å². The van der Waals surface area contributed by atoms with Crippen LogP contribution >= 0.6 is 0 Å². The van der Waals surface area contributed by atoms with Gasteiger partial charge in [-0.05, 0) is 38.1 Å². The number of nitrogens with one attached hydrogen (secondary N) is 1. The lowest BCUT2D eigenvalue weighted by Crippen LogP contribution is -2.13. The van der Waals surface area contributed by atoms with Gasteiger partial charge in [-0.25, -0.2) is 0 Å². The average Bonchev–Trinajstić information content (AvgIpc) is 2.46. The van der Waals surface area contributed by atoms with Crippen molar-refractivity contribution in [1.82, 2.24) is 0 Å². The Morgan fingerprint density at radius 1 is 1.04 bits per heavy atom. The zero-order chi connectivity index (χ0) is 17.0. The second-order valence-electron chi connectivity index (χ2n) is 5.07. The summed E-state index contributed by atoms with van der Waals surface area (Å²) in [5.41, 5.74) is 2.76. The van der Waals surface area contributed by atoms with Gasteiger partial charge in [-0.3, -0.25) is 4.79 Å². The van der Waals surface area contributed by atoms with Gasteiger partial charge in [0.05, 0.1) is 7.11 Å². The summed E-state index contributed by atoms with van der Waals surface area (Å²) in [6.45, 7) is 0.812. The highest BCUT2D eigenvalue weighted by molar-refractivity contribution is 6.04. The van der Waals surface area contributed by atoms with Crippen LogP contribution in [0.2, 0.25) is 0 Å². The highest BCUT2D eigenvalue weighted by Crippen LogP contribution is 2.31. The summed E-state index contributed by atoms with van der Waals surface area (Å²) in [5, 5.41) is 2.66. The molecule has 0 aromatic heterocycles. The monoisotopic (exact) mass is 321 g/mol. The molecular weight excluding hydrogens is 304 g/mol. The minimum atomic E-state index is -2.98. The fourth-order valence-electron chi connectivity index (χ4n) is 2.25. The SMILES string of the molecule is COc1ccc(NC(=O)c2cc(C)cc(C)c2)cc1OC(F)F. The average molecular weight is 321 g/mol. The van der Waals surface area contributed by atoms with Crippen LogP contribution in [-0.2, 0) is 0 Å². The molecule has 122 valence electrons. The predicted octanol–water partition coefficient (Wildman–Crippen LogP) is 4.17. The van der Waals surface area contributed by atoms with Gasteiger partial charge in [-0.2, -0.15) is 8.78 Å². The smallest absolute Gasteiger partial charge is 0.387 e. The van der Waals surface area contributed by atoms with Gasteiger partial charge in [-0.1, -0.05) is 17.2 Å². The zero-order valence-electron chi connectivity index (χ0n) is 13.0. The van der Waals surface area contributed by atoms with Crippen molar-refractivity contribution >= 4 is 11.6 Å². The quantitative estimate of drug-likeness (QED) is 0.899. The lowest BCUT2D eigenvalue weighted by Gasteiger charge is -2.12. The molecule has 0 radical (unpaired) electrons. The second-order valence-corrected chi connectivity index (χ2v) is 5.07. The lowest BCUT2D eigenvalue weighted by atomic mass is 10.1. The molecule has 0 heterocycles. The number of methoxy groups -OCH3 is 1. The number of carbonyl (C=O) groups excluding carboxylic acids is 1. The molecule has 2 aromatic carbocycles. The van der Waals surface area contributed by atoms with E-state index in [0.717, 1.165) is 11.1 Å². The molecule has 0 fully saturated rings. The van der Waals surface area contributed by atoms with Crippen molar-refractivity contribution in [2.45, 2.75) is 20.5 Å². The molecule has 0 saturated heterocycles. The zero-order valence-corrected chi connectivity index (χ0v) is 13.0. The van der Waals surface area contributed by atoms with E-state index in [1.165, 1.54) is 19.2 Å². The normalized spacial score (nSPS) is 10.5. The van der Waals surface area contributed by atoms with Gasteiger partial charge in [0.25, 0.3) is 5.91 Å². The van der Waals surface area contributed by atoms with Crippen LogP contribution in [0, 0.1) is 13.8 Å². The first kappa shape index (κ1) is 16.7. The van der Waals surface area contributed by atoms with Crippen LogP contribution in [0.4, 0.5) is 14.5 Å². The minimum Gasteiger partial charge on any atom is -0.493 e. The molecule has 2 aromatic rings. The summed E-state index contributed by atoms with van der Waals surface area (Å²) in [5.74, 6) is -0.305. The molecule has 23 heavy (non-hydrogen) atoms. The first-order valence-corrected chi connectivity index (χ1v) is 6.91. The van der Waals surface area contributed by atoms with Gasteiger partial charge in [0.1, 0.15) is 0 Å². The maximum Gasteiger partial charge on any atom is 0.387 e. The topological polar surface area (TPSA) is 47.6 Å². The summed E-state index contributed by atoms with van der Waals surface area (Å²) in [6.07, 6.45) is 0. The molecule has 0 spiro atoms. The van der Waals surface area contributed by atoms with Crippen LogP contribution in [0.25, 0.3) is 0 Å². The Morgan fingerprint density at radius 3 is 2.26 bits per heavy atom. The van der Waals surface area contributed by atoms with Gasteiger partial charge >= 0.3 is 6.61 Å². The van der Waals surface area contributed by atoms with Crippen molar-refractivity contribution < 1.29 is 23.0 Å². The van der Waals surface area contributed by atoms with Gasteiger partial charge in [-0.15, -0.1) is 0 Å². The Bertz CT molecular complexity index is 697. The maximum absolute atomic E-state index is 12.4. The molecule has 0 unspecified atom stereocenters. The number of anilines is 1. The van der Waals surface area contributed by atoms with Gasteiger partial charge in [0, 0.05) is 17.3 Å². The van der Waals surface area contributed by atoms with Crippen LogP contribution in [0.5, 0.6) is 11.5 Å². The van der Waals surface area contributed by atoms with E-state index < -0.39 is 6.61 Å². The number of hydrogen-bond acceptors (Lipinski definition) is 3. The van der Waals surface area contributed by atoms with Crippen molar-refractivity contribution in [1.29, 1.82) is 0 Å². The number of benzene rings is 2. The van der Waals surface area contributed by atoms with E-state index in [9.17, 15) is 13.6 Å². The third-order valence-corrected chi connectivity index (χ3v) is 3.12. The molecule has 0 aliphatic heterocycles. The number of carbonyl (C=O) groups is 1. The number of hydrogen-bond donors (Lipinski definition) is 1. The molecule has 2 rings (SSSR count). The van der Waals surface area contributed by atoms with Crippen molar-refractivity contribution in [3.63, 3.8) is 0 Å². The second kappa shape index (κ2) is 7.09. The molecule has 0 bridgehead atoms. The predicted molar refractivity (Wildman–Crippen MR) is 83.5 cm³/mol. The molecule has 4 nitrogen and oxygen atoms in total. The van der Waals surface area contributed by atoms with E-state index >= 15 is 0 Å². The summed E-state index contributed by atoms with van der Waals surface area (Å²) >= 11 is 0. The largest absolute Gasteiger partial charge is 0.493 e. The Morgan fingerprint density at radius 2 is 1.70 bits per heavy atom. The molecule has 0 saturated carbocycles. The number of halogens is 2. The lowest BCUT2D eigenvalue weighted by molar-refractivity contribution is -0.0511. The van der Waals surface area contributed by atoms with Gasteiger partial charge in [0.15, 0.2) is 11.5 Å². The molecule has 0 atom stereocenters. The van der Waals surface area contributed by atoms with E-state index in [0.29, 0.717) is 11.3 Å². The number of aryl methyl sites for hydroxylation is 2. The third-order valence-electron chi connectivity index (χ3n) is 3.12. The van der Waals surface area contributed by atoms with Crippen molar-refractivity contribution in [3.8, 4) is 11.5 Å².